The van der Waals surface area contributed by atoms with Gasteiger partial charge in [0.15, 0.2) is 5.96 Å². The van der Waals surface area contributed by atoms with Gasteiger partial charge in [0.25, 0.3) is 0 Å². The standard InChI is InChI=1S/C19H34N4O2/c1-4-19(24,5-2)15-22-18(20-6-3)21-14-16(17-10-9-13-25-17)23-11-7-8-12-23/h9-10,13,16,24H,4-8,11-12,14-15H2,1-3H3,(H2,20,21,22). The molecule has 1 aromatic rings. The van der Waals surface area contributed by atoms with Gasteiger partial charge in [0.2, 0.25) is 0 Å². The van der Waals surface area contributed by atoms with Gasteiger partial charge in [-0.1, -0.05) is 13.8 Å². The Kier molecular flexibility index (Phi) is 7.78. The molecule has 0 radical (unpaired) electrons. The fourth-order valence-electron chi connectivity index (χ4n) is 3.18. The van der Waals surface area contributed by atoms with E-state index >= 15 is 0 Å². The van der Waals surface area contributed by atoms with Crippen LogP contribution in [-0.4, -0.2) is 54.3 Å². The van der Waals surface area contributed by atoms with Crippen LogP contribution in [0.3, 0.4) is 0 Å². The molecule has 2 heterocycles. The number of rotatable bonds is 9. The molecule has 0 aliphatic carbocycles. The lowest BCUT2D eigenvalue weighted by Gasteiger charge is -2.27. The summed E-state index contributed by atoms with van der Waals surface area (Å²) in [4.78, 5) is 7.06. The Balaban J connectivity index is 2.01. The van der Waals surface area contributed by atoms with Crippen LogP contribution in [0.25, 0.3) is 0 Å². The number of aliphatic hydroxyl groups is 1. The third-order valence-electron chi connectivity index (χ3n) is 5.11. The quantitative estimate of drug-likeness (QED) is 0.471. The van der Waals surface area contributed by atoms with E-state index < -0.39 is 5.60 Å². The van der Waals surface area contributed by atoms with Crippen molar-refractivity contribution in [1.29, 1.82) is 0 Å². The number of furan rings is 1. The number of likely N-dealkylation sites (tertiary alicyclic amines) is 1. The van der Waals surface area contributed by atoms with Crippen molar-refractivity contribution in [3.05, 3.63) is 24.2 Å². The lowest BCUT2D eigenvalue weighted by Crippen LogP contribution is -2.43. The Morgan fingerprint density at radius 2 is 2.00 bits per heavy atom. The van der Waals surface area contributed by atoms with Gasteiger partial charge >= 0.3 is 0 Å². The highest BCUT2D eigenvalue weighted by Gasteiger charge is 2.26. The highest BCUT2D eigenvalue weighted by Crippen LogP contribution is 2.24. The van der Waals surface area contributed by atoms with Crippen molar-refractivity contribution in [3.63, 3.8) is 0 Å². The Morgan fingerprint density at radius 1 is 1.28 bits per heavy atom. The normalized spacial score (nSPS) is 17.7. The Morgan fingerprint density at radius 3 is 2.56 bits per heavy atom. The van der Waals surface area contributed by atoms with Crippen LogP contribution < -0.4 is 10.6 Å². The Bertz CT molecular complexity index is 506. The lowest BCUT2D eigenvalue weighted by atomic mass is 9.98. The van der Waals surface area contributed by atoms with Gasteiger partial charge < -0.3 is 20.2 Å². The molecule has 6 nitrogen and oxygen atoms in total. The highest BCUT2D eigenvalue weighted by molar-refractivity contribution is 5.79. The van der Waals surface area contributed by atoms with Crippen LogP contribution in [0.4, 0.5) is 0 Å². The van der Waals surface area contributed by atoms with Crippen LogP contribution in [0.2, 0.25) is 0 Å². The molecule has 1 atom stereocenters. The number of nitrogens with one attached hydrogen (secondary N) is 2. The van der Waals surface area contributed by atoms with Gasteiger partial charge in [-0.05, 0) is 57.8 Å². The van der Waals surface area contributed by atoms with E-state index in [1.807, 2.05) is 32.9 Å². The van der Waals surface area contributed by atoms with Crippen molar-refractivity contribution >= 4 is 5.96 Å². The molecular weight excluding hydrogens is 316 g/mol. The van der Waals surface area contributed by atoms with Crippen molar-refractivity contribution in [2.24, 2.45) is 4.99 Å². The topological polar surface area (TPSA) is 73.0 Å². The van der Waals surface area contributed by atoms with Crippen molar-refractivity contribution in [3.8, 4) is 0 Å². The molecule has 1 saturated heterocycles. The Labute approximate surface area is 151 Å². The SMILES string of the molecule is CCNC(=NCC(O)(CC)CC)NCC(c1ccco1)N1CCCC1. The summed E-state index contributed by atoms with van der Waals surface area (Å²) in [6, 6.07) is 4.19. The van der Waals surface area contributed by atoms with Gasteiger partial charge in [-0.3, -0.25) is 9.89 Å². The van der Waals surface area contributed by atoms with E-state index in [9.17, 15) is 5.11 Å². The van der Waals surface area contributed by atoms with Crippen LogP contribution in [0, 0.1) is 0 Å². The molecule has 142 valence electrons. The summed E-state index contributed by atoms with van der Waals surface area (Å²) in [5.41, 5.74) is -0.724. The third kappa shape index (κ3) is 5.75. The summed E-state index contributed by atoms with van der Waals surface area (Å²) in [7, 11) is 0. The molecule has 0 amide bonds. The molecular formula is C19H34N4O2. The molecule has 1 aromatic heterocycles. The van der Waals surface area contributed by atoms with Crippen molar-refractivity contribution in [2.45, 2.75) is 58.1 Å². The van der Waals surface area contributed by atoms with E-state index in [0.717, 1.165) is 37.9 Å². The van der Waals surface area contributed by atoms with Gasteiger partial charge in [-0.25, -0.2) is 0 Å². The molecule has 1 aliphatic rings. The first-order valence-electron chi connectivity index (χ1n) is 9.64. The van der Waals surface area contributed by atoms with E-state index in [2.05, 4.69) is 20.5 Å². The van der Waals surface area contributed by atoms with Crippen LogP contribution in [0.5, 0.6) is 0 Å². The largest absolute Gasteiger partial charge is 0.468 e. The van der Waals surface area contributed by atoms with E-state index in [-0.39, 0.29) is 6.04 Å². The minimum absolute atomic E-state index is 0.206. The van der Waals surface area contributed by atoms with Gasteiger partial charge in [0, 0.05) is 13.1 Å². The molecule has 1 aliphatic heterocycles. The predicted octanol–water partition coefficient (Wildman–Crippen LogP) is 2.52. The number of guanidine groups is 1. The zero-order chi connectivity index (χ0) is 18.1. The maximum absolute atomic E-state index is 10.5. The molecule has 0 saturated carbocycles. The first-order valence-corrected chi connectivity index (χ1v) is 9.64. The maximum atomic E-state index is 10.5. The molecule has 3 N–H and O–H groups in total. The molecule has 0 aromatic carbocycles. The minimum atomic E-state index is -0.724. The fraction of sp³-hybridized carbons (Fsp3) is 0.737. The molecule has 6 heteroatoms. The fourth-order valence-corrected chi connectivity index (χ4v) is 3.18. The number of hydrogen-bond acceptors (Lipinski definition) is 4. The summed E-state index contributed by atoms with van der Waals surface area (Å²) >= 11 is 0. The maximum Gasteiger partial charge on any atom is 0.191 e. The second-order valence-corrected chi connectivity index (χ2v) is 6.78. The average molecular weight is 351 g/mol. The molecule has 2 rings (SSSR count). The summed E-state index contributed by atoms with van der Waals surface area (Å²) in [5.74, 6) is 1.74. The third-order valence-corrected chi connectivity index (χ3v) is 5.11. The Hall–Kier alpha value is -1.53. The van der Waals surface area contributed by atoms with Crippen LogP contribution in [0.15, 0.2) is 27.8 Å². The minimum Gasteiger partial charge on any atom is -0.468 e. The van der Waals surface area contributed by atoms with Crippen molar-refractivity contribution in [2.75, 3.05) is 32.7 Å². The zero-order valence-corrected chi connectivity index (χ0v) is 15.9. The van der Waals surface area contributed by atoms with Gasteiger partial charge in [-0.15, -0.1) is 0 Å². The molecule has 1 fully saturated rings. The summed E-state index contributed by atoms with van der Waals surface area (Å²) in [5, 5.41) is 17.2. The second-order valence-electron chi connectivity index (χ2n) is 6.78. The smallest absolute Gasteiger partial charge is 0.191 e. The number of aliphatic imine (C=N–C) groups is 1. The molecule has 0 bridgehead atoms. The van der Waals surface area contributed by atoms with Gasteiger partial charge in [0.1, 0.15) is 5.76 Å². The summed E-state index contributed by atoms with van der Waals surface area (Å²) in [6.07, 6.45) is 5.63. The number of hydrogen-bond donors (Lipinski definition) is 3. The van der Waals surface area contributed by atoms with Crippen molar-refractivity contribution in [1.82, 2.24) is 15.5 Å². The zero-order valence-electron chi connectivity index (χ0n) is 15.9. The summed E-state index contributed by atoms with van der Waals surface area (Å²) in [6.45, 7) is 10.2. The lowest BCUT2D eigenvalue weighted by molar-refractivity contribution is 0.0418. The molecule has 25 heavy (non-hydrogen) atoms. The average Bonchev–Trinajstić information content (AvgIpc) is 3.34. The van der Waals surface area contributed by atoms with E-state index in [4.69, 9.17) is 4.42 Å². The molecule has 0 spiro atoms. The predicted molar refractivity (Wildman–Crippen MR) is 102 cm³/mol. The van der Waals surface area contributed by atoms with Crippen LogP contribution in [0.1, 0.15) is 58.3 Å². The number of nitrogens with zero attached hydrogens (tertiary/aromatic N) is 2. The first kappa shape index (κ1) is 19.8. The van der Waals surface area contributed by atoms with E-state index in [1.54, 1.807) is 6.26 Å². The van der Waals surface area contributed by atoms with Gasteiger partial charge in [0.05, 0.1) is 24.5 Å². The summed E-state index contributed by atoms with van der Waals surface area (Å²) < 4.78 is 5.67. The van der Waals surface area contributed by atoms with E-state index in [1.165, 1.54) is 12.8 Å². The van der Waals surface area contributed by atoms with Crippen LogP contribution in [-0.2, 0) is 0 Å². The first-order chi connectivity index (χ1) is 12.1. The van der Waals surface area contributed by atoms with Gasteiger partial charge in [-0.2, -0.15) is 0 Å². The van der Waals surface area contributed by atoms with Crippen molar-refractivity contribution < 1.29 is 9.52 Å². The monoisotopic (exact) mass is 350 g/mol. The van der Waals surface area contributed by atoms with E-state index in [0.29, 0.717) is 19.4 Å². The second kappa shape index (κ2) is 9.82. The van der Waals surface area contributed by atoms with Crippen LogP contribution >= 0.6 is 0 Å². The highest BCUT2D eigenvalue weighted by atomic mass is 16.3. The molecule has 1 unspecified atom stereocenters.